The van der Waals surface area contributed by atoms with Gasteiger partial charge in [-0.2, -0.15) is 0 Å². The molecule has 2 fully saturated rings. The summed E-state index contributed by atoms with van der Waals surface area (Å²) in [7, 11) is 1.93. The molecule has 0 aromatic heterocycles. The van der Waals surface area contributed by atoms with E-state index < -0.39 is 0 Å². The van der Waals surface area contributed by atoms with Crippen LogP contribution in [-0.4, -0.2) is 29.6 Å². The van der Waals surface area contributed by atoms with Crippen molar-refractivity contribution < 1.29 is 0 Å². The summed E-state index contributed by atoms with van der Waals surface area (Å²) in [4.78, 5) is 2.40. The van der Waals surface area contributed by atoms with Crippen LogP contribution in [0.4, 0.5) is 0 Å². The first-order valence-electron chi connectivity index (χ1n) is 5.31. The Labute approximate surface area is 85.7 Å². The number of fused-ring (bicyclic) bond motifs is 1. The fourth-order valence-electron chi connectivity index (χ4n) is 2.80. The summed E-state index contributed by atoms with van der Waals surface area (Å²) in [6.45, 7) is 1.18. The van der Waals surface area contributed by atoms with Gasteiger partial charge in [0.15, 0.2) is 5.11 Å². The molecule has 1 N–H and O–H groups in total. The number of hydrogen-bond donors (Lipinski definition) is 1. The lowest BCUT2D eigenvalue weighted by molar-refractivity contribution is 0.253. The Hall–Kier alpha value is -0.310. The third-order valence-corrected chi connectivity index (χ3v) is 3.92. The highest BCUT2D eigenvalue weighted by molar-refractivity contribution is 7.80. The average molecular weight is 198 g/mol. The van der Waals surface area contributed by atoms with Crippen molar-refractivity contribution in [2.45, 2.75) is 38.1 Å². The van der Waals surface area contributed by atoms with Crippen LogP contribution in [0, 0.1) is 5.92 Å². The quantitative estimate of drug-likeness (QED) is 0.597. The Morgan fingerprint density at radius 1 is 1.31 bits per heavy atom. The van der Waals surface area contributed by atoms with E-state index in [2.05, 4.69) is 10.2 Å². The van der Waals surface area contributed by atoms with E-state index in [9.17, 15) is 0 Å². The van der Waals surface area contributed by atoms with Gasteiger partial charge in [0.25, 0.3) is 0 Å². The minimum absolute atomic E-state index is 0.758. The summed E-state index contributed by atoms with van der Waals surface area (Å²) in [5.74, 6) is 0.931. The monoisotopic (exact) mass is 198 g/mol. The van der Waals surface area contributed by atoms with Gasteiger partial charge in [0, 0.05) is 19.6 Å². The van der Waals surface area contributed by atoms with Gasteiger partial charge in [-0.3, -0.25) is 0 Å². The third-order valence-electron chi connectivity index (χ3n) is 3.48. The first-order valence-corrected chi connectivity index (χ1v) is 5.72. The predicted octanol–water partition coefficient (Wildman–Crippen LogP) is 1.76. The fourth-order valence-corrected chi connectivity index (χ4v) is 3.03. The second kappa shape index (κ2) is 3.82. The Bertz CT molecular complexity index is 205. The molecule has 0 unspecified atom stereocenters. The van der Waals surface area contributed by atoms with Gasteiger partial charge >= 0.3 is 0 Å². The minimum Gasteiger partial charge on any atom is -0.366 e. The maximum absolute atomic E-state index is 5.30. The molecule has 13 heavy (non-hydrogen) atoms. The van der Waals surface area contributed by atoms with Crippen molar-refractivity contribution in [1.82, 2.24) is 10.2 Å². The van der Waals surface area contributed by atoms with Gasteiger partial charge in [-0.25, -0.2) is 0 Å². The van der Waals surface area contributed by atoms with Crippen molar-refractivity contribution in [3.05, 3.63) is 0 Å². The average Bonchev–Trinajstić information content (AvgIpc) is 2.60. The zero-order chi connectivity index (χ0) is 9.26. The zero-order valence-corrected chi connectivity index (χ0v) is 9.07. The molecule has 0 spiro atoms. The molecular weight excluding hydrogens is 180 g/mol. The molecule has 0 amide bonds. The van der Waals surface area contributed by atoms with E-state index in [0.29, 0.717) is 0 Å². The van der Waals surface area contributed by atoms with E-state index in [1.165, 1.54) is 38.6 Å². The zero-order valence-electron chi connectivity index (χ0n) is 8.25. The molecular formula is C10H18N2S. The van der Waals surface area contributed by atoms with Crippen LogP contribution in [0.1, 0.15) is 32.1 Å². The topological polar surface area (TPSA) is 15.3 Å². The van der Waals surface area contributed by atoms with Gasteiger partial charge in [0.1, 0.15) is 0 Å². The predicted molar refractivity (Wildman–Crippen MR) is 58.7 cm³/mol. The normalized spacial score (nSPS) is 32.8. The first kappa shape index (κ1) is 9.25. The van der Waals surface area contributed by atoms with Crippen LogP contribution in [0.15, 0.2) is 0 Å². The first-order chi connectivity index (χ1) is 6.33. The van der Waals surface area contributed by atoms with E-state index >= 15 is 0 Å². The largest absolute Gasteiger partial charge is 0.366 e. The molecule has 1 heterocycles. The Morgan fingerprint density at radius 3 is 2.85 bits per heavy atom. The maximum Gasteiger partial charge on any atom is 0.168 e. The summed E-state index contributed by atoms with van der Waals surface area (Å²) in [6.07, 6.45) is 6.96. The highest BCUT2D eigenvalue weighted by Gasteiger charge is 2.36. The summed E-state index contributed by atoms with van der Waals surface area (Å²) < 4.78 is 0. The van der Waals surface area contributed by atoms with Crippen LogP contribution in [0.2, 0.25) is 0 Å². The van der Waals surface area contributed by atoms with Gasteiger partial charge in [0.05, 0.1) is 0 Å². The van der Waals surface area contributed by atoms with Crippen molar-refractivity contribution in [3.63, 3.8) is 0 Å². The molecule has 74 valence electrons. The molecule has 1 aliphatic heterocycles. The Kier molecular flexibility index (Phi) is 2.72. The van der Waals surface area contributed by atoms with Gasteiger partial charge in [-0.15, -0.1) is 0 Å². The lowest BCUT2D eigenvalue weighted by atomic mass is 9.85. The SMILES string of the molecule is CNC(=S)N1CC[C@@H]2CCCC[C@@H]21. The second-order valence-corrected chi connectivity index (χ2v) is 4.54. The molecule has 1 aliphatic carbocycles. The van der Waals surface area contributed by atoms with E-state index in [1.54, 1.807) is 0 Å². The van der Waals surface area contributed by atoms with Gasteiger partial charge in [0.2, 0.25) is 0 Å². The number of nitrogens with zero attached hydrogens (tertiary/aromatic N) is 1. The highest BCUT2D eigenvalue weighted by Crippen LogP contribution is 2.35. The van der Waals surface area contributed by atoms with Crippen LogP contribution in [0.3, 0.4) is 0 Å². The Morgan fingerprint density at radius 2 is 2.08 bits per heavy atom. The van der Waals surface area contributed by atoms with Crippen molar-refractivity contribution in [2.24, 2.45) is 5.92 Å². The van der Waals surface area contributed by atoms with E-state index in [0.717, 1.165) is 17.1 Å². The standard InChI is InChI=1S/C10H18N2S/c1-11-10(13)12-7-6-8-4-2-3-5-9(8)12/h8-9H,2-7H2,1H3,(H,11,13)/t8-,9-/m0/s1. The number of nitrogens with one attached hydrogen (secondary N) is 1. The third kappa shape index (κ3) is 1.66. The van der Waals surface area contributed by atoms with Crippen LogP contribution in [-0.2, 0) is 0 Å². The van der Waals surface area contributed by atoms with Gasteiger partial charge < -0.3 is 10.2 Å². The van der Waals surface area contributed by atoms with E-state index in [4.69, 9.17) is 12.2 Å². The highest BCUT2D eigenvalue weighted by atomic mass is 32.1. The van der Waals surface area contributed by atoms with Crippen molar-refractivity contribution in [1.29, 1.82) is 0 Å². The molecule has 0 radical (unpaired) electrons. The van der Waals surface area contributed by atoms with Crippen molar-refractivity contribution in [3.8, 4) is 0 Å². The number of hydrogen-bond acceptors (Lipinski definition) is 1. The molecule has 2 atom stereocenters. The number of likely N-dealkylation sites (tertiary alicyclic amines) is 1. The van der Waals surface area contributed by atoms with Crippen LogP contribution in [0.25, 0.3) is 0 Å². The maximum atomic E-state index is 5.30. The smallest absolute Gasteiger partial charge is 0.168 e. The molecule has 0 aromatic rings. The second-order valence-electron chi connectivity index (χ2n) is 4.15. The van der Waals surface area contributed by atoms with Crippen LogP contribution >= 0.6 is 12.2 Å². The van der Waals surface area contributed by atoms with Crippen molar-refractivity contribution >= 4 is 17.3 Å². The van der Waals surface area contributed by atoms with Crippen LogP contribution < -0.4 is 5.32 Å². The molecule has 3 heteroatoms. The number of thiocarbonyl (C=S) groups is 1. The lowest BCUT2D eigenvalue weighted by Crippen LogP contribution is -2.43. The molecule has 2 aliphatic rings. The summed E-state index contributed by atoms with van der Waals surface area (Å²) in [5, 5.41) is 4.05. The van der Waals surface area contributed by atoms with Gasteiger partial charge in [-0.1, -0.05) is 12.8 Å². The molecule has 2 nitrogen and oxygen atoms in total. The van der Waals surface area contributed by atoms with Crippen molar-refractivity contribution in [2.75, 3.05) is 13.6 Å². The molecule has 2 rings (SSSR count). The molecule has 1 saturated carbocycles. The molecule has 0 bridgehead atoms. The summed E-state index contributed by atoms with van der Waals surface area (Å²) in [5.41, 5.74) is 0. The summed E-state index contributed by atoms with van der Waals surface area (Å²) in [6, 6.07) is 0.758. The molecule has 0 aromatic carbocycles. The van der Waals surface area contributed by atoms with Gasteiger partial charge in [-0.05, 0) is 37.4 Å². The summed E-state index contributed by atoms with van der Waals surface area (Å²) >= 11 is 5.30. The minimum atomic E-state index is 0.758. The van der Waals surface area contributed by atoms with Crippen LogP contribution in [0.5, 0.6) is 0 Å². The fraction of sp³-hybridized carbons (Fsp3) is 0.900. The Balaban J connectivity index is 2.02. The van der Waals surface area contributed by atoms with E-state index in [1.807, 2.05) is 7.05 Å². The molecule has 1 saturated heterocycles. The van der Waals surface area contributed by atoms with E-state index in [-0.39, 0.29) is 0 Å². The number of rotatable bonds is 0. The lowest BCUT2D eigenvalue weighted by Gasteiger charge is -2.32.